The number of carbonyl (C=O) groups is 1. The number of nitriles is 1. The summed E-state index contributed by atoms with van der Waals surface area (Å²) in [4.78, 5) is 13.9. The van der Waals surface area contributed by atoms with E-state index in [1.54, 1.807) is 7.11 Å². The average molecular weight is 253 g/mol. The lowest BCUT2D eigenvalue weighted by Crippen LogP contribution is -2.45. The van der Waals surface area contributed by atoms with Gasteiger partial charge in [0, 0.05) is 39.3 Å². The molecule has 1 aliphatic rings. The molecule has 0 aliphatic carbocycles. The average Bonchev–Trinajstić information content (AvgIpc) is 2.32. The van der Waals surface area contributed by atoms with Gasteiger partial charge in [0.15, 0.2) is 0 Å². The number of nitrogens with zero attached hydrogens (tertiary/aromatic N) is 2. The van der Waals surface area contributed by atoms with E-state index >= 15 is 0 Å². The number of amides is 1. The molecule has 0 aromatic rings. The predicted molar refractivity (Wildman–Crippen MR) is 68.9 cm³/mol. The summed E-state index contributed by atoms with van der Waals surface area (Å²) in [6.07, 6.45) is 2.39. The van der Waals surface area contributed by atoms with E-state index < -0.39 is 0 Å². The minimum absolute atomic E-state index is 0.110. The molecule has 0 radical (unpaired) electrons. The van der Waals surface area contributed by atoms with Crippen molar-refractivity contribution in [2.75, 3.05) is 33.4 Å². The maximum Gasteiger partial charge on any atom is 0.220 e. The number of hydrogen-bond acceptors (Lipinski definition) is 4. The lowest BCUT2D eigenvalue weighted by molar-refractivity contribution is -0.123. The molecule has 0 saturated carbocycles. The van der Waals surface area contributed by atoms with Gasteiger partial charge in [-0.05, 0) is 18.8 Å². The van der Waals surface area contributed by atoms with Gasteiger partial charge in [0.2, 0.25) is 5.91 Å². The predicted octanol–water partition coefficient (Wildman–Crippen LogP) is 0.763. The molecule has 1 rings (SSSR count). The lowest BCUT2D eigenvalue weighted by Gasteiger charge is -2.30. The SMILES string of the molecule is COCC(C)CC(=O)NC1CCN(CC#N)CC1. The molecule has 1 aliphatic heterocycles. The van der Waals surface area contributed by atoms with Gasteiger partial charge in [-0.15, -0.1) is 0 Å². The summed E-state index contributed by atoms with van der Waals surface area (Å²) in [5.74, 6) is 0.368. The lowest BCUT2D eigenvalue weighted by atomic mass is 10.0. The van der Waals surface area contributed by atoms with Gasteiger partial charge in [-0.3, -0.25) is 9.69 Å². The van der Waals surface area contributed by atoms with Gasteiger partial charge < -0.3 is 10.1 Å². The summed E-state index contributed by atoms with van der Waals surface area (Å²) in [6.45, 7) is 4.91. The highest BCUT2D eigenvalue weighted by Crippen LogP contribution is 2.10. The Morgan fingerprint density at radius 3 is 2.78 bits per heavy atom. The van der Waals surface area contributed by atoms with Crippen molar-refractivity contribution >= 4 is 5.91 Å². The van der Waals surface area contributed by atoms with Crippen LogP contribution in [-0.2, 0) is 9.53 Å². The van der Waals surface area contributed by atoms with Gasteiger partial charge in [0.25, 0.3) is 0 Å². The van der Waals surface area contributed by atoms with Gasteiger partial charge in [-0.1, -0.05) is 6.92 Å². The van der Waals surface area contributed by atoms with Crippen LogP contribution in [0.2, 0.25) is 0 Å². The molecule has 5 heteroatoms. The molecule has 102 valence electrons. The zero-order chi connectivity index (χ0) is 13.4. The van der Waals surface area contributed by atoms with Crippen LogP contribution in [0.4, 0.5) is 0 Å². The quantitative estimate of drug-likeness (QED) is 0.710. The van der Waals surface area contributed by atoms with Gasteiger partial charge in [-0.2, -0.15) is 5.26 Å². The summed E-state index contributed by atoms with van der Waals surface area (Å²) in [5, 5.41) is 11.7. The van der Waals surface area contributed by atoms with E-state index in [2.05, 4.69) is 16.3 Å². The maximum absolute atomic E-state index is 11.8. The van der Waals surface area contributed by atoms with Crippen LogP contribution in [0.3, 0.4) is 0 Å². The first kappa shape index (κ1) is 14.9. The molecule has 18 heavy (non-hydrogen) atoms. The molecule has 0 aromatic carbocycles. The maximum atomic E-state index is 11.8. The van der Waals surface area contributed by atoms with Crippen LogP contribution < -0.4 is 5.32 Å². The van der Waals surface area contributed by atoms with E-state index in [-0.39, 0.29) is 17.9 Å². The first-order valence-electron chi connectivity index (χ1n) is 6.53. The number of likely N-dealkylation sites (tertiary alicyclic amines) is 1. The van der Waals surface area contributed by atoms with Crippen LogP contribution in [0.25, 0.3) is 0 Å². The molecular weight excluding hydrogens is 230 g/mol. The third-order valence-electron chi connectivity index (χ3n) is 3.23. The van der Waals surface area contributed by atoms with Crippen LogP contribution in [0.15, 0.2) is 0 Å². The van der Waals surface area contributed by atoms with Crippen molar-refractivity contribution in [3.05, 3.63) is 0 Å². The molecular formula is C13H23N3O2. The van der Waals surface area contributed by atoms with Crippen molar-refractivity contribution < 1.29 is 9.53 Å². The molecule has 0 spiro atoms. The van der Waals surface area contributed by atoms with E-state index in [9.17, 15) is 4.79 Å². The fraction of sp³-hybridized carbons (Fsp3) is 0.846. The second-order valence-electron chi connectivity index (χ2n) is 5.04. The Kier molecular flexibility index (Phi) is 6.69. The number of piperidine rings is 1. The second kappa shape index (κ2) is 8.06. The highest BCUT2D eigenvalue weighted by molar-refractivity contribution is 5.76. The summed E-state index contributed by atoms with van der Waals surface area (Å²) in [6, 6.07) is 2.42. The fourth-order valence-electron chi connectivity index (χ4n) is 2.28. The van der Waals surface area contributed by atoms with Crippen molar-refractivity contribution in [3.63, 3.8) is 0 Å². The first-order valence-corrected chi connectivity index (χ1v) is 6.53. The van der Waals surface area contributed by atoms with Gasteiger partial charge in [-0.25, -0.2) is 0 Å². The van der Waals surface area contributed by atoms with Gasteiger partial charge >= 0.3 is 0 Å². The fourth-order valence-corrected chi connectivity index (χ4v) is 2.28. The van der Waals surface area contributed by atoms with Gasteiger partial charge in [0.05, 0.1) is 12.6 Å². The first-order chi connectivity index (χ1) is 8.65. The standard InChI is InChI=1S/C13H23N3O2/c1-11(10-18-2)9-13(17)15-12-3-6-16(7-4-12)8-5-14/h11-12H,3-4,6-10H2,1-2H3,(H,15,17). The third-order valence-corrected chi connectivity index (χ3v) is 3.23. The van der Waals surface area contributed by atoms with E-state index in [0.29, 0.717) is 19.6 Å². The van der Waals surface area contributed by atoms with Gasteiger partial charge in [0.1, 0.15) is 0 Å². The second-order valence-corrected chi connectivity index (χ2v) is 5.04. The van der Waals surface area contributed by atoms with Crippen molar-refractivity contribution in [1.82, 2.24) is 10.2 Å². The Labute approximate surface area is 109 Å². The Morgan fingerprint density at radius 1 is 1.56 bits per heavy atom. The van der Waals surface area contributed by atoms with Crippen LogP contribution in [0, 0.1) is 17.2 Å². The zero-order valence-corrected chi connectivity index (χ0v) is 11.3. The van der Waals surface area contributed by atoms with Crippen LogP contribution in [-0.4, -0.2) is 50.2 Å². The van der Waals surface area contributed by atoms with E-state index in [1.807, 2.05) is 6.92 Å². The number of methoxy groups -OCH3 is 1. The van der Waals surface area contributed by atoms with Crippen LogP contribution in [0.5, 0.6) is 0 Å². The molecule has 1 amide bonds. The number of nitrogens with one attached hydrogen (secondary N) is 1. The third kappa shape index (κ3) is 5.48. The number of rotatable bonds is 6. The molecule has 0 aromatic heterocycles. The van der Waals surface area contributed by atoms with E-state index in [4.69, 9.17) is 10.00 Å². The molecule has 1 unspecified atom stereocenters. The smallest absolute Gasteiger partial charge is 0.220 e. The normalized spacial score (nSPS) is 19.2. The number of hydrogen-bond donors (Lipinski definition) is 1. The molecule has 1 N–H and O–H groups in total. The zero-order valence-electron chi connectivity index (χ0n) is 11.3. The highest BCUT2D eigenvalue weighted by Gasteiger charge is 2.20. The summed E-state index contributed by atoms with van der Waals surface area (Å²) in [7, 11) is 1.65. The monoisotopic (exact) mass is 253 g/mol. The Bertz CT molecular complexity index is 293. The van der Waals surface area contributed by atoms with Crippen molar-refractivity contribution in [2.45, 2.75) is 32.2 Å². The van der Waals surface area contributed by atoms with Crippen LogP contribution >= 0.6 is 0 Å². The van der Waals surface area contributed by atoms with E-state index in [1.165, 1.54) is 0 Å². The Balaban J connectivity index is 2.20. The number of ether oxygens (including phenoxy) is 1. The molecule has 1 atom stereocenters. The molecule has 1 heterocycles. The molecule has 1 fully saturated rings. The largest absolute Gasteiger partial charge is 0.384 e. The van der Waals surface area contributed by atoms with E-state index in [0.717, 1.165) is 25.9 Å². The summed E-state index contributed by atoms with van der Waals surface area (Å²) < 4.78 is 5.02. The highest BCUT2D eigenvalue weighted by atomic mass is 16.5. The Morgan fingerprint density at radius 2 is 2.22 bits per heavy atom. The summed E-state index contributed by atoms with van der Waals surface area (Å²) >= 11 is 0. The van der Waals surface area contributed by atoms with Crippen molar-refractivity contribution in [1.29, 1.82) is 5.26 Å². The Hall–Kier alpha value is -1.12. The molecule has 1 saturated heterocycles. The summed E-state index contributed by atoms with van der Waals surface area (Å²) in [5.41, 5.74) is 0. The van der Waals surface area contributed by atoms with Crippen molar-refractivity contribution in [2.24, 2.45) is 5.92 Å². The number of carbonyl (C=O) groups excluding carboxylic acids is 1. The molecule has 5 nitrogen and oxygen atoms in total. The minimum Gasteiger partial charge on any atom is -0.384 e. The molecule has 0 bridgehead atoms. The van der Waals surface area contributed by atoms with Crippen molar-refractivity contribution in [3.8, 4) is 6.07 Å². The van der Waals surface area contributed by atoms with Crippen LogP contribution in [0.1, 0.15) is 26.2 Å². The minimum atomic E-state index is 0.110. The topological polar surface area (TPSA) is 65.4 Å².